The fraction of sp³-hybridized carbons (Fsp3) is 0.765. The van der Waals surface area contributed by atoms with Gasteiger partial charge in [0.15, 0.2) is 0 Å². The van der Waals surface area contributed by atoms with E-state index < -0.39 is 0 Å². The first-order valence-electron chi connectivity index (χ1n) is 8.00. The minimum Gasteiger partial charge on any atom is -0.311 e. The molecule has 2 rings (SSSR count). The quantitative estimate of drug-likeness (QED) is 0.898. The Morgan fingerprint density at radius 2 is 2.05 bits per heavy atom. The third kappa shape index (κ3) is 3.26. The van der Waals surface area contributed by atoms with Crippen LogP contribution in [-0.2, 0) is 0 Å². The first-order chi connectivity index (χ1) is 9.43. The number of rotatable bonds is 4. The van der Waals surface area contributed by atoms with Crippen molar-refractivity contribution in [2.45, 2.75) is 66.1 Å². The largest absolute Gasteiger partial charge is 0.311 e. The molecule has 1 aliphatic rings. The van der Waals surface area contributed by atoms with Gasteiger partial charge in [-0.1, -0.05) is 20.8 Å². The Morgan fingerprint density at radius 1 is 1.35 bits per heavy atom. The molecule has 20 heavy (non-hydrogen) atoms. The Labute approximate surface area is 128 Å². The summed E-state index contributed by atoms with van der Waals surface area (Å²) in [6.07, 6.45) is 1.23. The second-order valence-corrected chi connectivity index (χ2v) is 8.02. The molecule has 0 aromatic carbocycles. The van der Waals surface area contributed by atoms with Crippen molar-refractivity contribution in [1.82, 2.24) is 10.2 Å². The van der Waals surface area contributed by atoms with E-state index in [2.05, 4.69) is 57.8 Å². The maximum absolute atomic E-state index is 3.74. The lowest BCUT2D eigenvalue weighted by molar-refractivity contribution is 0.0735. The summed E-state index contributed by atoms with van der Waals surface area (Å²) >= 11 is 1.94. The van der Waals surface area contributed by atoms with Crippen molar-refractivity contribution in [2.75, 3.05) is 13.1 Å². The van der Waals surface area contributed by atoms with Gasteiger partial charge in [0, 0.05) is 41.0 Å². The smallest absolute Gasteiger partial charge is 0.0335 e. The molecule has 2 nitrogen and oxygen atoms in total. The molecule has 0 amide bonds. The zero-order valence-electron chi connectivity index (χ0n) is 13.9. The van der Waals surface area contributed by atoms with Crippen LogP contribution < -0.4 is 5.32 Å². The van der Waals surface area contributed by atoms with Crippen LogP contribution in [0.15, 0.2) is 6.07 Å². The van der Waals surface area contributed by atoms with Gasteiger partial charge in [-0.25, -0.2) is 0 Å². The molecule has 1 aromatic heterocycles. The molecule has 0 spiro atoms. The molecule has 0 aliphatic carbocycles. The monoisotopic (exact) mass is 294 g/mol. The molecule has 1 aromatic rings. The molecular weight excluding hydrogens is 264 g/mol. The number of thiophene rings is 1. The average molecular weight is 295 g/mol. The Kier molecular flexibility index (Phi) is 5.27. The SMILES string of the molecule is CCC1CNC(C(C)C)CN1C(C)c1cc(C)sc1C. The fourth-order valence-corrected chi connectivity index (χ4v) is 4.41. The Balaban J connectivity index is 2.19. The van der Waals surface area contributed by atoms with Crippen LogP contribution in [-0.4, -0.2) is 30.1 Å². The summed E-state index contributed by atoms with van der Waals surface area (Å²) in [5, 5.41) is 3.74. The molecule has 1 N–H and O–H groups in total. The predicted molar refractivity (Wildman–Crippen MR) is 89.6 cm³/mol. The molecule has 1 fully saturated rings. The zero-order valence-corrected chi connectivity index (χ0v) is 14.7. The maximum atomic E-state index is 3.74. The van der Waals surface area contributed by atoms with Gasteiger partial charge in [-0.05, 0) is 44.7 Å². The fourth-order valence-electron chi connectivity index (χ4n) is 3.39. The van der Waals surface area contributed by atoms with Crippen molar-refractivity contribution >= 4 is 11.3 Å². The van der Waals surface area contributed by atoms with Crippen molar-refractivity contribution in [3.63, 3.8) is 0 Å². The molecule has 0 radical (unpaired) electrons. The van der Waals surface area contributed by atoms with Gasteiger partial charge in [-0.15, -0.1) is 11.3 Å². The van der Waals surface area contributed by atoms with E-state index in [4.69, 9.17) is 0 Å². The maximum Gasteiger partial charge on any atom is 0.0335 e. The number of nitrogens with zero attached hydrogens (tertiary/aromatic N) is 1. The van der Waals surface area contributed by atoms with E-state index in [1.54, 1.807) is 0 Å². The summed E-state index contributed by atoms with van der Waals surface area (Å²) in [5.41, 5.74) is 1.54. The first kappa shape index (κ1) is 16.0. The van der Waals surface area contributed by atoms with Crippen molar-refractivity contribution in [3.05, 3.63) is 21.4 Å². The number of hydrogen-bond acceptors (Lipinski definition) is 3. The summed E-state index contributed by atoms with van der Waals surface area (Å²) in [5.74, 6) is 0.702. The van der Waals surface area contributed by atoms with Crippen molar-refractivity contribution < 1.29 is 0 Å². The molecule has 0 saturated carbocycles. The highest BCUT2D eigenvalue weighted by Gasteiger charge is 2.32. The van der Waals surface area contributed by atoms with Crippen LogP contribution in [0.3, 0.4) is 0 Å². The Morgan fingerprint density at radius 3 is 2.55 bits per heavy atom. The second kappa shape index (κ2) is 6.59. The van der Waals surface area contributed by atoms with Crippen LogP contribution in [0.5, 0.6) is 0 Å². The molecule has 3 unspecified atom stereocenters. The van der Waals surface area contributed by atoms with E-state index in [0.717, 1.165) is 6.54 Å². The standard InChI is InChI=1S/C17H30N2S/c1-7-15-9-18-17(11(2)3)10-19(15)13(5)16-8-12(4)20-14(16)6/h8,11,13,15,17-18H,7,9-10H2,1-6H3. The molecule has 3 atom stereocenters. The highest BCUT2D eigenvalue weighted by Crippen LogP contribution is 2.33. The molecule has 1 aliphatic heterocycles. The van der Waals surface area contributed by atoms with Gasteiger partial charge in [0.05, 0.1) is 0 Å². The summed E-state index contributed by atoms with van der Waals surface area (Å²) in [4.78, 5) is 5.66. The van der Waals surface area contributed by atoms with Crippen LogP contribution in [0.1, 0.15) is 55.5 Å². The zero-order chi connectivity index (χ0) is 14.9. The van der Waals surface area contributed by atoms with E-state index >= 15 is 0 Å². The number of piperazine rings is 1. The van der Waals surface area contributed by atoms with Gasteiger partial charge < -0.3 is 5.32 Å². The predicted octanol–water partition coefficient (Wildman–Crippen LogP) is 4.13. The third-order valence-corrected chi connectivity index (χ3v) is 5.78. The third-order valence-electron chi connectivity index (χ3n) is 4.80. The van der Waals surface area contributed by atoms with Crippen LogP contribution >= 0.6 is 11.3 Å². The van der Waals surface area contributed by atoms with Crippen molar-refractivity contribution in [2.24, 2.45) is 5.92 Å². The lowest BCUT2D eigenvalue weighted by Gasteiger charge is -2.45. The molecule has 3 heteroatoms. The van der Waals surface area contributed by atoms with Gasteiger partial charge in [-0.2, -0.15) is 0 Å². The lowest BCUT2D eigenvalue weighted by atomic mass is 9.95. The Hall–Kier alpha value is -0.380. The van der Waals surface area contributed by atoms with Gasteiger partial charge in [-0.3, -0.25) is 4.90 Å². The van der Waals surface area contributed by atoms with Crippen LogP contribution in [0, 0.1) is 19.8 Å². The minimum atomic E-state index is 0.535. The van der Waals surface area contributed by atoms with Gasteiger partial charge in [0.2, 0.25) is 0 Å². The molecule has 0 bridgehead atoms. The van der Waals surface area contributed by atoms with Crippen LogP contribution in [0.2, 0.25) is 0 Å². The number of aryl methyl sites for hydroxylation is 2. The van der Waals surface area contributed by atoms with E-state index in [1.807, 2.05) is 11.3 Å². The second-order valence-electron chi connectivity index (χ2n) is 6.56. The van der Waals surface area contributed by atoms with E-state index in [-0.39, 0.29) is 0 Å². The van der Waals surface area contributed by atoms with E-state index in [1.165, 1.54) is 28.3 Å². The highest BCUT2D eigenvalue weighted by atomic mass is 32.1. The highest BCUT2D eigenvalue weighted by molar-refractivity contribution is 7.12. The summed E-state index contributed by atoms with van der Waals surface area (Å²) in [6.45, 7) is 16.1. The van der Waals surface area contributed by atoms with E-state index in [0.29, 0.717) is 24.0 Å². The van der Waals surface area contributed by atoms with Gasteiger partial charge >= 0.3 is 0 Å². The first-order valence-corrected chi connectivity index (χ1v) is 8.81. The van der Waals surface area contributed by atoms with Gasteiger partial charge in [0.1, 0.15) is 0 Å². The van der Waals surface area contributed by atoms with Crippen molar-refractivity contribution in [1.29, 1.82) is 0 Å². The van der Waals surface area contributed by atoms with Crippen LogP contribution in [0.4, 0.5) is 0 Å². The molecule has 114 valence electrons. The minimum absolute atomic E-state index is 0.535. The summed E-state index contributed by atoms with van der Waals surface area (Å²) < 4.78 is 0. The average Bonchev–Trinajstić information content (AvgIpc) is 2.76. The lowest BCUT2D eigenvalue weighted by Crippen LogP contribution is -2.58. The molecule has 1 saturated heterocycles. The normalized spacial score (nSPS) is 26.1. The molecule has 2 heterocycles. The summed E-state index contributed by atoms with van der Waals surface area (Å²) in [7, 11) is 0. The van der Waals surface area contributed by atoms with Gasteiger partial charge in [0.25, 0.3) is 0 Å². The van der Waals surface area contributed by atoms with Crippen LogP contribution in [0.25, 0.3) is 0 Å². The number of hydrogen-bond donors (Lipinski definition) is 1. The Bertz CT molecular complexity index is 438. The molecular formula is C17H30N2S. The topological polar surface area (TPSA) is 15.3 Å². The summed E-state index contributed by atoms with van der Waals surface area (Å²) in [6, 6.07) is 4.22. The van der Waals surface area contributed by atoms with Crippen molar-refractivity contribution in [3.8, 4) is 0 Å². The number of nitrogens with one attached hydrogen (secondary N) is 1. The van der Waals surface area contributed by atoms with E-state index in [9.17, 15) is 0 Å².